The lowest BCUT2D eigenvalue weighted by atomic mass is 9.93. The Morgan fingerprint density at radius 2 is 2.07 bits per heavy atom. The molecule has 0 aliphatic heterocycles. The number of halogens is 1. The standard InChI is InChI=1S/C12H16ClN/c1-8-5-9(7-10(13)6-8)11-3-2-4-12(11)14/h5-7,11-12H,2-4,14H2,1H3. The Morgan fingerprint density at radius 3 is 2.64 bits per heavy atom. The highest BCUT2D eigenvalue weighted by molar-refractivity contribution is 6.30. The second-order valence-electron chi connectivity index (χ2n) is 4.26. The van der Waals surface area contributed by atoms with Crippen LogP contribution < -0.4 is 5.73 Å². The molecule has 2 N–H and O–H groups in total. The molecular weight excluding hydrogens is 194 g/mol. The molecule has 0 aromatic heterocycles. The normalized spacial score (nSPS) is 26.8. The minimum atomic E-state index is 0.327. The van der Waals surface area contributed by atoms with Crippen LogP contribution in [0.25, 0.3) is 0 Å². The van der Waals surface area contributed by atoms with Gasteiger partial charge in [-0.05, 0) is 48.9 Å². The fraction of sp³-hybridized carbons (Fsp3) is 0.500. The van der Waals surface area contributed by atoms with Crippen molar-refractivity contribution in [2.75, 3.05) is 0 Å². The summed E-state index contributed by atoms with van der Waals surface area (Å²) in [5, 5.41) is 0.833. The van der Waals surface area contributed by atoms with Gasteiger partial charge in [-0.15, -0.1) is 0 Å². The molecular formula is C12H16ClN. The average Bonchev–Trinajstić information content (AvgIpc) is 2.49. The van der Waals surface area contributed by atoms with Crippen LogP contribution in [0.1, 0.15) is 36.3 Å². The Labute approximate surface area is 90.3 Å². The maximum absolute atomic E-state index is 6.07. The van der Waals surface area contributed by atoms with E-state index in [9.17, 15) is 0 Å². The summed E-state index contributed by atoms with van der Waals surface area (Å²) in [6.45, 7) is 2.08. The van der Waals surface area contributed by atoms with Gasteiger partial charge in [-0.1, -0.05) is 24.1 Å². The van der Waals surface area contributed by atoms with Crippen molar-refractivity contribution in [1.29, 1.82) is 0 Å². The van der Waals surface area contributed by atoms with Gasteiger partial charge in [0.1, 0.15) is 0 Å². The Morgan fingerprint density at radius 1 is 1.29 bits per heavy atom. The fourth-order valence-electron chi connectivity index (χ4n) is 2.38. The van der Waals surface area contributed by atoms with Gasteiger partial charge in [0.15, 0.2) is 0 Å². The van der Waals surface area contributed by atoms with Crippen LogP contribution in [0.2, 0.25) is 5.02 Å². The Bertz CT molecular complexity index is 315. The summed E-state index contributed by atoms with van der Waals surface area (Å²) >= 11 is 6.04. The van der Waals surface area contributed by atoms with Crippen LogP contribution in [0.3, 0.4) is 0 Å². The molecule has 0 saturated heterocycles. The molecule has 1 saturated carbocycles. The van der Waals surface area contributed by atoms with Gasteiger partial charge in [-0.25, -0.2) is 0 Å². The van der Waals surface area contributed by atoms with Crippen molar-refractivity contribution in [3.63, 3.8) is 0 Å². The highest BCUT2D eigenvalue weighted by atomic mass is 35.5. The van der Waals surface area contributed by atoms with Gasteiger partial charge < -0.3 is 5.73 Å². The van der Waals surface area contributed by atoms with E-state index in [1.807, 2.05) is 6.07 Å². The highest BCUT2D eigenvalue weighted by Crippen LogP contribution is 2.34. The minimum Gasteiger partial charge on any atom is -0.327 e. The quantitative estimate of drug-likeness (QED) is 0.755. The summed E-state index contributed by atoms with van der Waals surface area (Å²) in [7, 11) is 0. The van der Waals surface area contributed by atoms with Gasteiger partial charge in [0, 0.05) is 11.1 Å². The summed E-state index contributed by atoms with van der Waals surface area (Å²) in [5.41, 5.74) is 8.62. The Kier molecular flexibility index (Phi) is 2.80. The van der Waals surface area contributed by atoms with Crippen LogP contribution in [0.4, 0.5) is 0 Å². The number of aryl methyl sites for hydroxylation is 1. The van der Waals surface area contributed by atoms with Crippen LogP contribution in [0.5, 0.6) is 0 Å². The molecule has 1 aliphatic rings. The fourth-order valence-corrected chi connectivity index (χ4v) is 2.68. The van der Waals surface area contributed by atoms with Gasteiger partial charge in [-0.2, -0.15) is 0 Å². The van der Waals surface area contributed by atoms with Gasteiger partial charge in [0.05, 0.1) is 0 Å². The first-order valence-corrected chi connectivity index (χ1v) is 5.57. The van der Waals surface area contributed by atoms with E-state index >= 15 is 0 Å². The number of nitrogens with two attached hydrogens (primary N) is 1. The monoisotopic (exact) mass is 209 g/mol. The Balaban J connectivity index is 2.31. The molecule has 2 unspecified atom stereocenters. The zero-order valence-electron chi connectivity index (χ0n) is 8.46. The number of hydrogen-bond acceptors (Lipinski definition) is 1. The molecule has 2 atom stereocenters. The van der Waals surface area contributed by atoms with E-state index in [1.165, 1.54) is 24.0 Å². The van der Waals surface area contributed by atoms with Crippen LogP contribution in [0.15, 0.2) is 18.2 Å². The van der Waals surface area contributed by atoms with E-state index in [4.69, 9.17) is 17.3 Å². The second kappa shape index (κ2) is 3.92. The lowest BCUT2D eigenvalue weighted by Crippen LogP contribution is -2.22. The zero-order valence-corrected chi connectivity index (χ0v) is 9.22. The van der Waals surface area contributed by atoms with E-state index in [1.54, 1.807) is 0 Å². The van der Waals surface area contributed by atoms with Crippen LogP contribution in [0, 0.1) is 6.92 Å². The summed E-state index contributed by atoms with van der Waals surface area (Å²) in [4.78, 5) is 0. The first kappa shape index (κ1) is 10.0. The topological polar surface area (TPSA) is 26.0 Å². The molecule has 1 nitrogen and oxygen atoms in total. The van der Waals surface area contributed by atoms with Gasteiger partial charge in [-0.3, -0.25) is 0 Å². The molecule has 0 heterocycles. The number of rotatable bonds is 1. The summed E-state index contributed by atoms with van der Waals surface area (Å²) in [5.74, 6) is 0.521. The number of hydrogen-bond donors (Lipinski definition) is 1. The van der Waals surface area contributed by atoms with Crippen molar-refractivity contribution in [2.24, 2.45) is 5.73 Å². The van der Waals surface area contributed by atoms with E-state index in [-0.39, 0.29) is 0 Å². The van der Waals surface area contributed by atoms with Crippen LogP contribution in [-0.4, -0.2) is 6.04 Å². The van der Waals surface area contributed by atoms with Crippen molar-refractivity contribution in [2.45, 2.75) is 38.1 Å². The molecule has 1 fully saturated rings. The van der Waals surface area contributed by atoms with Crippen molar-refractivity contribution >= 4 is 11.6 Å². The Hall–Kier alpha value is -0.530. The molecule has 0 amide bonds. The lowest BCUT2D eigenvalue weighted by Gasteiger charge is -2.16. The van der Waals surface area contributed by atoms with Crippen molar-refractivity contribution in [1.82, 2.24) is 0 Å². The molecule has 14 heavy (non-hydrogen) atoms. The molecule has 0 spiro atoms. The number of benzene rings is 1. The molecule has 1 aromatic rings. The lowest BCUT2D eigenvalue weighted by molar-refractivity contribution is 0.613. The third-order valence-corrected chi connectivity index (χ3v) is 3.28. The summed E-state index contributed by atoms with van der Waals surface area (Å²) < 4.78 is 0. The first-order valence-electron chi connectivity index (χ1n) is 5.19. The third kappa shape index (κ3) is 1.94. The van der Waals surface area contributed by atoms with E-state index in [2.05, 4.69) is 19.1 Å². The average molecular weight is 210 g/mol. The zero-order chi connectivity index (χ0) is 10.1. The second-order valence-corrected chi connectivity index (χ2v) is 4.70. The highest BCUT2D eigenvalue weighted by Gasteiger charge is 2.25. The van der Waals surface area contributed by atoms with Gasteiger partial charge in [0.2, 0.25) is 0 Å². The van der Waals surface area contributed by atoms with E-state index in [0.29, 0.717) is 12.0 Å². The maximum atomic E-state index is 6.07. The minimum absolute atomic E-state index is 0.327. The maximum Gasteiger partial charge on any atom is 0.0411 e. The van der Waals surface area contributed by atoms with Gasteiger partial charge in [0.25, 0.3) is 0 Å². The van der Waals surface area contributed by atoms with E-state index < -0.39 is 0 Å². The van der Waals surface area contributed by atoms with Crippen molar-refractivity contribution in [3.05, 3.63) is 34.3 Å². The van der Waals surface area contributed by atoms with Gasteiger partial charge >= 0.3 is 0 Å². The largest absolute Gasteiger partial charge is 0.327 e. The smallest absolute Gasteiger partial charge is 0.0411 e. The third-order valence-electron chi connectivity index (χ3n) is 3.06. The molecule has 2 heteroatoms. The molecule has 0 radical (unpaired) electrons. The molecule has 2 rings (SSSR count). The van der Waals surface area contributed by atoms with Crippen molar-refractivity contribution in [3.8, 4) is 0 Å². The molecule has 0 bridgehead atoms. The predicted octanol–water partition coefficient (Wildman–Crippen LogP) is 3.24. The molecule has 1 aromatic carbocycles. The predicted molar refractivity (Wildman–Crippen MR) is 60.8 cm³/mol. The molecule has 1 aliphatic carbocycles. The summed E-state index contributed by atoms with van der Waals surface area (Å²) in [6, 6.07) is 6.59. The van der Waals surface area contributed by atoms with E-state index in [0.717, 1.165) is 11.4 Å². The first-order chi connectivity index (χ1) is 6.66. The SMILES string of the molecule is Cc1cc(Cl)cc(C2CCCC2N)c1. The van der Waals surface area contributed by atoms with Crippen LogP contribution >= 0.6 is 11.6 Å². The summed E-state index contributed by atoms with van der Waals surface area (Å²) in [6.07, 6.45) is 3.61. The van der Waals surface area contributed by atoms with Crippen LogP contribution in [-0.2, 0) is 0 Å². The molecule has 76 valence electrons. The van der Waals surface area contributed by atoms with Crippen molar-refractivity contribution < 1.29 is 0 Å².